The second-order valence-corrected chi connectivity index (χ2v) is 6.75. The highest BCUT2D eigenvalue weighted by Gasteiger charge is 2.15. The quantitative estimate of drug-likeness (QED) is 0.860. The molecule has 2 aromatic rings. The fourth-order valence-corrected chi connectivity index (χ4v) is 2.42. The molecule has 1 amide bonds. The van der Waals surface area contributed by atoms with E-state index in [-0.39, 0.29) is 11.9 Å². The summed E-state index contributed by atoms with van der Waals surface area (Å²) in [5, 5.41) is 6.12. The zero-order chi connectivity index (χ0) is 16.1. The number of carbonyl (C=O) groups is 1. The number of rotatable bonds is 6. The number of thiazole rings is 1. The molecule has 0 saturated carbocycles. The summed E-state index contributed by atoms with van der Waals surface area (Å²) in [7, 11) is 0. The fourth-order valence-electron chi connectivity index (χ4n) is 1.60. The van der Waals surface area contributed by atoms with E-state index in [9.17, 15) is 4.79 Å². The molecule has 6 heteroatoms. The molecule has 1 N–H and O–H groups in total. The lowest BCUT2D eigenvalue weighted by molar-refractivity contribution is 0.0926. The van der Waals surface area contributed by atoms with Gasteiger partial charge in [0.1, 0.15) is 23.1 Å². The number of halogens is 1. The van der Waals surface area contributed by atoms with Gasteiger partial charge in [0.25, 0.3) is 5.91 Å². The summed E-state index contributed by atoms with van der Waals surface area (Å²) in [5.41, 5.74) is 0.437. The summed E-state index contributed by atoms with van der Waals surface area (Å²) in [6.07, 6.45) is 0. The first kappa shape index (κ1) is 16.8. The van der Waals surface area contributed by atoms with Gasteiger partial charge in [-0.2, -0.15) is 0 Å². The van der Waals surface area contributed by atoms with Gasteiger partial charge >= 0.3 is 0 Å². The van der Waals surface area contributed by atoms with Crippen LogP contribution < -0.4 is 10.1 Å². The third-order valence-electron chi connectivity index (χ3n) is 3.32. The van der Waals surface area contributed by atoms with Gasteiger partial charge in [0.15, 0.2) is 0 Å². The minimum absolute atomic E-state index is 0.114. The van der Waals surface area contributed by atoms with Crippen molar-refractivity contribution in [3.05, 3.63) is 45.4 Å². The van der Waals surface area contributed by atoms with Gasteiger partial charge in [-0.1, -0.05) is 25.4 Å². The summed E-state index contributed by atoms with van der Waals surface area (Å²) in [4.78, 5) is 16.4. The predicted molar refractivity (Wildman–Crippen MR) is 89.7 cm³/mol. The average molecular weight is 339 g/mol. The molecule has 1 atom stereocenters. The van der Waals surface area contributed by atoms with Crippen LogP contribution in [-0.2, 0) is 6.61 Å². The number of hydrogen-bond donors (Lipinski definition) is 1. The number of hydrogen-bond acceptors (Lipinski definition) is 4. The summed E-state index contributed by atoms with van der Waals surface area (Å²) in [6, 6.07) is 7.25. The summed E-state index contributed by atoms with van der Waals surface area (Å²) >= 11 is 7.23. The van der Waals surface area contributed by atoms with Crippen LogP contribution in [0.1, 0.15) is 36.3 Å². The topological polar surface area (TPSA) is 51.2 Å². The molecule has 1 aromatic heterocycles. The van der Waals surface area contributed by atoms with Crippen LogP contribution in [0, 0.1) is 5.92 Å². The number of nitrogens with one attached hydrogen (secondary N) is 1. The molecule has 4 nitrogen and oxygen atoms in total. The monoisotopic (exact) mass is 338 g/mol. The maximum Gasteiger partial charge on any atom is 0.270 e. The van der Waals surface area contributed by atoms with Crippen LogP contribution in [0.3, 0.4) is 0 Å². The Kier molecular flexibility index (Phi) is 5.80. The van der Waals surface area contributed by atoms with Crippen LogP contribution in [0.15, 0.2) is 29.6 Å². The van der Waals surface area contributed by atoms with Gasteiger partial charge < -0.3 is 10.1 Å². The fraction of sp³-hybridized carbons (Fsp3) is 0.375. The smallest absolute Gasteiger partial charge is 0.270 e. The van der Waals surface area contributed by atoms with E-state index in [1.807, 2.05) is 6.92 Å². The molecule has 0 saturated heterocycles. The Morgan fingerprint density at radius 2 is 2.00 bits per heavy atom. The van der Waals surface area contributed by atoms with Crippen molar-refractivity contribution in [3.8, 4) is 5.75 Å². The van der Waals surface area contributed by atoms with Crippen LogP contribution in [0.4, 0.5) is 0 Å². The molecule has 0 bridgehead atoms. The van der Waals surface area contributed by atoms with Gasteiger partial charge in [-0.05, 0) is 37.1 Å². The third-order valence-corrected chi connectivity index (χ3v) is 4.39. The standard InChI is InChI=1S/C16H19ClN2O2S/c1-10(2)11(3)18-16(20)14-9-22-15(19-14)8-21-13-6-4-12(17)5-7-13/h4-7,9-11H,8H2,1-3H3,(H,18,20). The Morgan fingerprint density at radius 1 is 1.32 bits per heavy atom. The summed E-state index contributed by atoms with van der Waals surface area (Å²) in [5.74, 6) is 0.963. The normalized spacial score (nSPS) is 12.2. The highest BCUT2D eigenvalue weighted by molar-refractivity contribution is 7.09. The average Bonchev–Trinajstić information content (AvgIpc) is 2.95. The van der Waals surface area contributed by atoms with Gasteiger partial charge in [-0.15, -0.1) is 11.3 Å². The van der Waals surface area contributed by atoms with Crippen molar-refractivity contribution in [2.75, 3.05) is 0 Å². The number of nitrogens with zero attached hydrogens (tertiary/aromatic N) is 1. The first-order valence-corrected chi connectivity index (χ1v) is 8.35. The molecule has 0 fully saturated rings. The molecule has 118 valence electrons. The molecule has 0 aliphatic rings. The molecule has 1 aromatic carbocycles. The zero-order valence-electron chi connectivity index (χ0n) is 12.8. The van der Waals surface area contributed by atoms with Gasteiger partial charge in [0.2, 0.25) is 0 Å². The van der Waals surface area contributed by atoms with E-state index in [1.165, 1.54) is 11.3 Å². The number of benzene rings is 1. The van der Waals surface area contributed by atoms with Crippen LogP contribution in [0.5, 0.6) is 5.75 Å². The first-order chi connectivity index (χ1) is 10.5. The van der Waals surface area contributed by atoms with E-state index in [1.54, 1.807) is 29.6 Å². The van der Waals surface area contributed by atoms with Crippen LogP contribution >= 0.6 is 22.9 Å². The molecule has 22 heavy (non-hydrogen) atoms. The van der Waals surface area contributed by atoms with Crippen molar-refractivity contribution in [1.82, 2.24) is 10.3 Å². The highest BCUT2D eigenvalue weighted by atomic mass is 35.5. The second kappa shape index (κ2) is 7.61. The van der Waals surface area contributed by atoms with Crippen LogP contribution in [0.2, 0.25) is 5.02 Å². The maximum atomic E-state index is 12.1. The molecule has 1 unspecified atom stereocenters. The van der Waals surface area contributed by atoms with Gasteiger partial charge in [-0.3, -0.25) is 4.79 Å². The van der Waals surface area contributed by atoms with Crippen molar-refractivity contribution < 1.29 is 9.53 Å². The Bertz CT molecular complexity index is 625. The molecule has 0 aliphatic carbocycles. The molecule has 2 rings (SSSR count). The van der Waals surface area contributed by atoms with E-state index in [0.29, 0.717) is 23.2 Å². The Labute approximate surface area is 139 Å². The third kappa shape index (κ3) is 4.71. The number of ether oxygens (including phenoxy) is 1. The molecule has 1 heterocycles. The van der Waals surface area contributed by atoms with Crippen molar-refractivity contribution >= 4 is 28.8 Å². The minimum atomic E-state index is -0.143. The highest BCUT2D eigenvalue weighted by Crippen LogP contribution is 2.18. The van der Waals surface area contributed by atoms with E-state index in [0.717, 1.165) is 10.8 Å². The zero-order valence-corrected chi connectivity index (χ0v) is 14.4. The van der Waals surface area contributed by atoms with Gasteiger partial charge in [0, 0.05) is 16.4 Å². The van der Waals surface area contributed by atoms with E-state index in [2.05, 4.69) is 24.1 Å². The lowest BCUT2D eigenvalue weighted by Crippen LogP contribution is -2.36. The lowest BCUT2D eigenvalue weighted by Gasteiger charge is -2.16. The number of carbonyl (C=O) groups excluding carboxylic acids is 1. The van der Waals surface area contributed by atoms with E-state index < -0.39 is 0 Å². The van der Waals surface area contributed by atoms with Crippen molar-refractivity contribution in [2.24, 2.45) is 5.92 Å². The van der Waals surface area contributed by atoms with E-state index >= 15 is 0 Å². The number of amides is 1. The molecule has 0 aliphatic heterocycles. The largest absolute Gasteiger partial charge is 0.486 e. The SMILES string of the molecule is CC(C)C(C)NC(=O)c1csc(COc2ccc(Cl)cc2)n1. The number of aromatic nitrogens is 1. The molecular weight excluding hydrogens is 320 g/mol. The van der Waals surface area contributed by atoms with Gasteiger partial charge in [0.05, 0.1) is 0 Å². The van der Waals surface area contributed by atoms with Crippen LogP contribution in [0.25, 0.3) is 0 Å². The Morgan fingerprint density at radius 3 is 2.64 bits per heavy atom. The lowest BCUT2D eigenvalue weighted by atomic mass is 10.1. The van der Waals surface area contributed by atoms with Crippen molar-refractivity contribution in [1.29, 1.82) is 0 Å². The van der Waals surface area contributed by atoms with Crippen molar-refractivity contribution in [3.63, 3.8) is 0 Å². The predicted octanol–water partition coefficient (Wildman–Crippen LogP) is 4.15. The summed E-state index contributed by atoms with van der Waals surface area (Å²) < 4.78 is 5.62. The molecule has 0 spiro atoms. The summed E-state index contributed by atoms with van der Waals surface area (Å²) in [6.45, 7) is 6.45. The molecule has 0 radical (unpaired) electrons. The molecular formula is C16H19ClN2O2S. The first-order valence-electron chi connectivity index (χ1n) is 7.09. The van der Waals surface area contributed by atoms with Crippen molar-refractivity contribution in [2.45, 2.75) is 33.4 Å². The second-order valence-electron chi connectivity index (χ2n) is 5.38. The van der Waals surface area contributed by atoms with E-state index in [4.69, 9.17) is 16.3 Å². The van der Waals surface area contributed by atoms with Crippen LogP contribution in [-0.4, -0.2) is 16.9 Å². The Balaban J connectivity index is 1.91. The van der Waals surface area contributed by atoms with Gasteiger partial charge in [-0.25, -0.2) is 4.98 Å². The minimum Gasteiger partial charge on any atom is -0.486 e. The maximum absolute atomic E-state index is 12.1. The Hall–Kier alpha value is -1.59.